The number of nitrogens with zero attached hydrogens (tertiary/aromatic N) is 2. The second-order valence-corrected chi connectivity index (χ2v) is 8.09. The van der Waals surface area contributed by atoms with Crippen LogP contribution in [0.25, 0.3) is 0 Å². The third-order valence-electron chi connectivity index (χ3n) is 3.51. The van der Waals surface area contributed by atoms with Crippen LogP contribution in [-0.4, -0.2) is 36.3 Å². The molecule has 6 nitrogen and oxygen atoms in total. The zero-order chi connectivity index (χ0) is 15.0. The minimum Gasteiger partial charge on any atom is -0.493 e. The van der Waals surface area contributed by atoms with Gasteiger partial charge in [-0.25, -0.2) is 8.42 Å². The molecule has 0 fully saturated rings. The van der Waals surface area contributed by atoms with Gasteiger partial charge in [0.1, 0.15) is 0 Å². The van der Waals surface area contributed by atoms with Crippen LogP contribution in [0.15, 0.2) is 6.20 Å². The van der Waals surface area contributed by atoms with Gasteiger partial charge < -0.3 is 10.5 Å². The van der Waals surface area contributed by atoms with E-state index in [9.17, 15) is 8.42 Å². The molecular formula is C12H23N3O3S. The molecule has 0 aromatic carbocycles. The summed E-state index contributed by atoms with van der Waals surface area (Å²) < 4.78 is 29.7. The summed E-state index contributed by atoms with van der Waals surface area (Å²) in [5, 5.41) is 4.22. The summed E-state index contributed by atoms with van der Waals surface area (Å²) >= 11 is 0. The number of aromatic nitrogens is 2. The number of hydrogen-bond acceptors (Lipinski definition) is 5. The first kappa shape index (κ1) is 16.0. The fraction of sp³-hybridized carbons (Fsp3) is 0.750. The second kappa shape index (κ2) is 5.13. The maximum Gasteiger partial charge on any atom is 0.161 e. The van der Waals surface area contributed by atoms with Crippen molar-refractivity contribution in [1.82, 2.24) is 9.78 Å². The van der Waals surface area contributed by atoms with Crippen molar-refractivity contribution >= 4 is 9.84 Å². The van der Waals surface area contributed by atoms with Gasteiger partial charge >= 0.3 is 0 Å². The molecule has 2 N–H and O–H groups in total. The minimum absolute atomic E-state index is 0.0697. The molecule has 0 aliphatic heterocycles. The van der Waals surface area contributed by atoms with Crippen LogP contribution in [0.2, 0.25) is 0 Å². The molecule has 110 valence electrons. The standard InChI is InChI=1S/C12H23N3O3S/c1-8(2)15-10(9(18-5)7-14-15)11(13)12(3,4)19(6,16)17/h7-8,11H,13H2,1-6H3. The van der Waals surface area contributed by atoms with Gasteiger partial charge in [0.05, 0.1) is 29.8 Å². The van der Waals surface area contributed by atoms with E-state index in [2.05, 4.69) is 5.10 Å². The predicted molar refractivity (Wildman–Crippen MR) is 75.0 cm³/mol. The molecule has 0 bridgehead atoms. The third-order valence-corrected chi connectivity index (χ3v) is 5.67. The van der Waals surface area contributed by atoms with E-state index in [1.807, 2.05) is 13.8 Å². The Morgan fingerprint density at radius 3 is 2.32 bits per heavy atom. The van der Waals surface area contributed by atoms with Gasteiger partial charge in [-0.15, -0.1) is 0 Å². The number of hydrogen-bond donors (Lipinski definition) is 1. The molecule has 0 spiro atoms. The molecule has 0 saturated carbocycles. The Kier molecular flexibility index (Phi) is 4.31. The van der Waals surface area contributed by atoms with E-state index in [0.29, 0.717) is 11.4 Å². The van der Waals surface area contributed by atoms with Crippen molar-refractivity contribution in [3.8, 4) is 5.75 Å². The van der Waals surface area contributed by atoms with Gasteiger partial charge in [-0.05, 0) is 27.7 Å². The third kappa shape index (κ3) is 2.76. The molecule has 0 aliphatic rings. The predicted octanol–water partition coefficient (Wildman–Crippen LogP) is 1.30. The van der Waals surface area contributed by atoms with Crippen LogP contribution in [0.1, 0.15) is 45.5 Å². The highest BCUT2D eigenvalue weighted by molar-refractivity contribution is 7.92. The Morgan fingerprint density at radius 1 is 1.42 bits per heavy atom. The zero-order valence-corrected chi connectivity index (χ0v) is 13.2. The fourth-order valence-electron chi connectivity index (χ4n) is 1.78. The van der Waals surface area contributed by atoms with Gasteiger partial charge in [0.25, 0.3) is 0 Å². The number of methoxy groups -OCH3 is 1. The lowest BCUT2D eigenvalue weighted by molar-refractivity contribution is 0.382. The van der Waals surface area contributed by atoms with Gasteiger partial charge in [0.15, 0.2) is 15.6 Å². The van der Waals surface area contributed by atoms with Crippen LogP contribution in [0.5, 0.6) is 5.75 Å². The van der Waals surface area contributed by atoms with Crippen molar-refractivity contribution in [2.45, 2.75) is 44.5 Å². The Morgan fingerprint density at radius 2 is 1.95 bits per heavy atom. The maximum atomic E-state index is 11.9. The first-order chi connectivity index (χ1) is 8.54. The summed E-state index contributed by atoms with van der Waals surface area (Å²) in [6.07, 6.45) is 2.75. The van der Waals surface area contributed by atoms with E-state index in [1.165, 1.54) is 13.4 Å². The number of nitrogens with two attached hydrogens (primary N) is 1. The smallest absolute Gasteiger partial charge is 0.161 e. The lowest BCUT2D eigenvalue weighted by atomic mass is 10.00. The fourth-order valence-corrected chi connectivity index (χ4v) is 2.35. The molecule has 7 heteroatoms. The van der Waals surface area contributed by atoms with Crippen molar-refractivity contribution in [1.29, 1.82) is 0 Å². The molecule has 1 aromatic heterocycles. The SMILES string of the molecule is COc1cnn(C(C)C)c1C(N)C(C)(C)S(C)(=O)=O. The van der Waals surface area contributed by atoms with E-state index >= 15 is 0 Å². The van der Waals surface area contributed by atoms with Crippen molar-refractivity contribution in [2.24, 2.45) is 5.73 Å². The Labute approximate surface area is 114 Å². The van der Waals surface area contributed by atoms with Gasteiger partial charge in [-0.3, -0.25) is 4.68 Å². The van der Waals surface area contributed by atoms with E-state index in [4.69, 9.17) is 10.5 Å². The number of sulfone groups is 1. The van der Waals surface area contributed by atoms with Crippen LogP contribution in [-0.2, 0) is 9.84 Å². The molecule has 1 aromatic rings. The summed E-state index contributed by atoms with van der Waals surface area (Å²) in [4.78, 5) is 0. The zero-order valence-electron chi connectivity index (χ0n) is 12.3. The first-order valence-corrected chi connectivity index (χ1v) is 7.99. The Hall–Kier alpha value is -1.08. The average molecular weight is 289 g/mol. The largest absolute Gasteiger partial charge is 0.493 e. The first-order valence-electron chi connectivity index (χ1n) is 6.10. The second-order valence-electron chi connectivity index (χ2n) is 5.49. The van der Waals surface area contributed by atoms with Crippen molar-refractivity contribution in [3.05, 3.63) is 11.9 Å². The van der Waals surface area contributed by atoms with Crippen LogP contribution >= 0.6 is 0 Å². The van der Waals surface area contributed by atoms with E-state index in [0.717, 1.165) is 0 Å². The lowest BCUT2D eigenvalue weighted by Crippen LogP contribution is -2.43. The summed E-state index contributed by atoms with van der Waals surface area (Å²) in [5.74, 6) is 0.512. The minimum atomic E-state index is -3.32. The average Bonchev–Trinajstić information content (AvgIpc) is 2.69. The van der Waals surface area contributed by atoms with Gasteiger partial charge in [-0.2, -0.15) is 5.10 Å². The molecule has 1 atom stereocenters. The van der Waals surface area contributed by atoms with Crippen LogP contribution < -0.4 is 10.5 Å². The molecule has 0 aliphatic carbocycles. The monoisotopic (exact) mass is 289 g/mol. The highest BCUT2D eigenvalue weighted by Crippen LogP contribution is 2.36. The van der Waals surface area contributed by atoms with Crippen LogP contribution in [0.4, 0.5) is 0 Å². The molecule has 1 heterocycles. The lowest BCUT2D eigenvalue weighted by Gasteiger charge is -2.31. The Balaban J connectivity index is 3.41. The molecule has 0 amide bonds. The highest BCUT2D eigenvalue weighted by Gasteiger charge is 2.41. The molecule has 1 unspecified atom stereocenters. The van der Waals surface area contributed by atoms with Crippen molar-refractivity contribution in [3.63, 3.8) is 0 Å². The number of rotatable bonds is 5. The molecule has 1 rings (SSSR count). The van der Waals surface area contributed by atoms with Crippen LogP contribution in [0, 0.1) is 0 Å². The quantitative estimate of drug-likeness (QED) is 0.882. The van der Waals surface area contributed by atoms with E-state index in [-0.39, 0.29) is 6.04 Å². The Bertz CT molecular complexity index is 547. The normalized spacial score (nSPS) is 14.7. The summed E-state index contributed by atoms with van der Waals surface area (Å²) in [7, 11) is -1.80. The summed E-state index contributed by atoms with van der Waals surface area (Å²) in [6, 6.07) is -0.650. The van der Waals surface area contributed by atoms with E-state index in [1.54, 1.807) is 24.7 Å². The maximum absolute atomic E-state index is 11.9. The number of ether oxygens (including phenoxy) is 1. The summed E-state index contributed by atoms with van der Waals surface area (Å²) in [5.41, 5.74) is 6.80. The van der Waals surface area contributed by atoms with Crippen LogP contribution in [0.3, 0.4) is 0 Å². The van der Waals surface area contributed by atoms with Gasteiger partial charge in [0.2, 0.25) is 0 Å². The molecule has 19 heavy (non-hydrogen) atoms. The summed E-state index contributed by atoms with van der Waals surface area (Å²) in [6.45, 7) is 7.14. The van der Waals surface area contributed by atoms with Crippen molar-refractivity contribution in [2.75, 3.05) is 13.4 Å². The molecule has 0 saturated heterocycles. The van der Waals surface area contributed by atoms with Gasteiger partial charge in [-0.1, -0.05) is 0 Å². The van der Waals surface area contributed by atoms with E-state index < -0.39 is 20.6 Å². The molecular weight excluding hydrogens is 266 g/mol. The topological polar surface area (TPSA) is 87.2 Å². The van der Waals surface area contributed by atoms with Gasteiger partial charge in [0, 0.05) is 12.3 Å². The van der Waals surface area contributed by atoms with Crippen molar-refractivity contribution < 1.29 is 13.2 Å². The molecule has 0 radical (unpaired) electrons. The highest BCUT2D eigenvalue weighted by atomic mass is 32.2.